The molecule has 1 atom stereocenters. The van der Waals surface area contributed by atoms with Crippen molar-refractivity contribution in [2.45, 2.75) is 44.6 Å². The van der Waals surface area contributed by atoms with E-state index < -0.39 is 0 Å². The zero-order valence-electron chi connectivity index (χ0n) is 13.1. The highest BCUT2D eigenvalue weighted by Crippen LogP contribution is 2.36. The molecule has 21 heavy (non-hydrogen) atoms. The largest absolute Gasteiger partial charge is 0.508 e. The summed E-state index contributed by atoms with van der Waals surface area (Å²) in [6, 6.07) is 7.79. The van der Waals surface area contributed by atoms with Gasteiger partial charge in [-0.15, -0.1) is 0 Å². The van der Waals surface area contributed by atoms with Gasteiger partial charge in [0.1, 0.15) is 5.75 Å². The van der Waals surface area contributed by atoms with Crippen LogP contribution >= 0.6 is 0 Å². The second kappa shape index (κ2) is 6.48. The zero-order valence-corrected chi connectivity index (χ0v) is 13.1. The summed E-state index contributed by atoms with van der Waals surface area (Å²) in [6.07, 6.45) is 2.50. The predicted octanol–water partition coefficient (Wildman–Crippen LogP) is 2.70. The molecular formula is C17H25NO3. The summed E-state index contributed by atoms with van der Waals surface area (Å²) in [7, 11) is 1.43. The van der Waals surface area contributed by atoms with Crippen molar-refractivity contribution in [1.29, 1.82) is 0 Å². The number of phenolic OH excluding ortho intramolecular Hbond substituents is 1. The molecule has 116 valence electrons. The van der Waals surface area contributed by atoms with Crippen molar-refractivity contribution in [2.75, 3.05) is 20.2 Å². The van der Waals surface area contributed by atoms with E-state index in [9.17, 15) is 9.90 Å². The summed E-state index contributed by atoms with van der Waals surface area (Å²) in [5.74, 6) is 0.180. The van der Waals surface area contributed by atoms with Crippen molar-refractivity contribution in [1.82, 2.24) is 4.90 Å². The lowest BCUT2D eigenvalue weighted by atomic mass is 9.74. The number of likely N-dealkylation sites (tertiary alicyclic amines) is 1. The molecule has 0 aromatic heterocycles. The average molecular weight is 291 g/mol. The minimum absolute atomic E-state index is 0.0974. The smallest absolute Gasteiger partial charge is 0.307 e. The average Bonchev–Trinajstić information content (AvgIpc) is 2.47. The lowest BCUT2D eigenvalue weighted by Crippen LogP contribution is -2.45. The lowest BCUT2D eigenvalue weighted by Gasteiger charge is -2.42. The maximum absolute atomic E-state index is 11.4. The predicted molar refractivity (Wildman–Crippen MR) is 82.4 cm³/mol. The first-order chi connectivity index (χ1) is 9.94. The van der Waals surface area contributed by atoms with Gasteiger partial charge in [0.05, 0.1) is 13.5 Å². The molecule has 0 amide bonds. The number of esters is 1. The van der Waals surface area contributed by atoms with E-state index in [2.05, 4.69) is 24.8 Å². The number of phenols is 1. The van der Waals surface area contributed by atoms with Crippen molar-refractivity contribution < 1.29 is 14.6 Å². The van der Waals surface area contributed by atoms with Gasteiger partial charge < -0.3 is 14.7 Å². The highest BCUT2D eigenvalue weighted by Gasteiger charge is 2.33. The number of benzene rings is 1. The van der Waals surface area contributed by atoms with E-state index in [0.717, 1.165) is 25.9 Å². The monoisotopic (exact) mass is 291 g/mol. The third-order valence-electron chi connectivity index (χ3n) is 4.76. The Bertz CT molecular complexity index is 493. The number of carbonyl (C=O) groups excluding carboxylic acids is 1. The summed E-state index contributed by atoms with van der Waals surface area (Å²) in [6.45, 7) is 6.26. The number of piperidine rings is 1. The van der Waals surface area contributed by atoms with E-state index in [-0.39, 0.29) is 17.4 Å². The van der Waals surface area contributed by atoms with Crippen LogP contribution in [0.5, 0.6) is 5.75 Å². The molecule has 1 saturated heterocycles. The molecule has 0 radical (unpaired) electrons. The Labute approximate surface area is 126 Å². The number of ether oxygens (including phenoxy) is 1. The molecule has 4 heteroatoms. The summed E-state index contributed by atoms with van der Waals surface area (Å²) in [4.78, 5) is 13.7. The van der Waals surface area contributed by atoms with Crippen LogP contribution in [0, 0.1) is 0 Å². The van der Waals surface area contributed by atoms with Crippen molar-refractivity contribution in [2.24, 2.45) is 0 Å². The van der Waals surface area contributed by atoms with Gasteiger partial charge in [0.25, 0.3) is 0 Å². The van der Waals surface area contributed by atoms with Crippen LogP contribution in [-0.2, 0) is 14.9 Å². The normalized spacial score (nSPS) is 20.0. The molecule has 0 saturated carbocycles. The fourth-order valence-electron chi connectivity index (χ4n) is 3.08. The SMILES string of the molecule is COC(=O)C[C@@H](C)N1CCC(C)(c2cccc(O)c2)CC1. The Morgan fingerprint density at radius 1 is 1.43 bits per heavy atom. The molecule has 1 fully saturated rings. The molecule has 0 bridgehead atoms. The molecule has 1 aliphatic heterocycles. The van der Waals surface area contributed by atoms with Crippen LogP contribution < -0.4 is 0 Å². The first-order valence-electron chi connectivity index (χ1n) is 7.55. The molecule has 1 aromatic rings. The van der Waals surface area contributed by atoms with Gasteiger partial charge in [0.15, 0.2) is 0 Å². The van der Waals surface area contributed by atoms with E-state index in [1.807, 2.05) is 12.1 Å². The van der Waals surface area contributed by atoms with Gasteiger partial charge in [-0.1, -0.05) is 19.1 Å². The number of methoxy groups -OCH3 is 1. The zero-order chi connectivity index (χ0) is 15.5. The van der Waals surface area contributed by atoms with Gasteiger partial charge >= 0.3 is 5.97 Å². The van der Waals surface area contributed by atoms with Crippen LogP contribution in [0.1, 0.15) is 38.7 Å². The quantitative estimate of drug-likeness (QED) is 0.867. The first kappa shape index (κ1) is 15.8. The molecular weight excluding hydrogens is 266 g/mol. The number of rotatable bonds is 4. The lowest BCUT2D eigenvalue weighted by molar-refractivity contribution is -0.142. The van der Waals surface area contributed by atoms with Crippen molar-refractivity contribution >= 4 is 5.97 Å². The number of hydrogen-bond acceptors (Lipinski definition) is 4. The number of aromatic hydroxyl groups is 1. The third-order valence-corrected chi connectivity index (χ3v) is 4.76. The second-order valence-electron chi connectivity index (χ2n) is 6.28. The molecule has 1 N–H and O–H groups in total. The van der Waals surface area contributed by atoms with Gasteiger partial charge in [-0.05, 0) is 56.0 Å². The van der Waals surface area contributed by atoms with Crippen LogP contribution in [0.15, 0.2) is 24.3 Å². The van der Waals surface area contributed by atoms with E-state index in [0.29, 0.717) is 12.2 Å². The Morgan fingerprint density at radius 3 is 2.67 bits per heavy atom. The topological polar surface area (TPSA) is 49.8 Å². The van der Waals surface area contributed by atoms with Crippen molar-refractivity contribution in [3.63, 3.8) is 0 Å². The minimum Gasteiger partial charge on any atom is -0.508 e. The van der Waals surface area contributed by atoms with Gasteiger partial charge in [0, 0.05) is 6.04 Å². The van der Waals surface area contributed by atoms with Crippen LogP contribution in [0.2, 0.25) is 0 Å². The van der Waals surface area contributed by atoms with Gasteiger partial charge in [-0.2, -0.15) is 0 Å². The van der Waals surface area contributed by atoms with Crippen LogP contribution in [0.4, 0.5) is 0 Å². The van der Waals surface area contributed by atoms with Crippen molar-refractivity contribution in [3.8, 4) is 5.75 Å². The molecule has 1 aromatic carbocycles. The van der Waals surface area contributed by atoms with Crippen molar-refractivity contribution in [3.05, 3.63) is 29.8 Å². The van der Waals surface area contributed by atoms with Crippen LogP contribution in [0.3, 0.4) is 0 Å². The molecule has 1 aliphatic rings. The summed E-state index contributed by atoms with van der Waals surface area (Å²) >= 11 is 0. The maximum Gasteiger partial charge on any atom is 0.307 e. The standard InChI is InChI=1S/C17H25NO3/c1-13(11-16(20)21-3)18-9-7-17(2,8-10-18)14-5-4-6-15(19)12-14/h4-6,12-13,19H,7-11H2,1-3H3/t13-/m1/s1. The number of nitrogens with zero attached hydrogens (tertiary/aromatic N) is 1. The molecule has 1 heterocycles. The van der Waals surface area contributed by atoms with Crippen LogP contribution in [0.25, 0.3) is 0 Å². The van der Waals surface area contributed by atoms with Crippen LogP contribution in [-0.4, -0.2) is 42.2 Å². The highest BCUT2D eigenvalue weighted by molar-refractivity contribution is 5.69. The Morgan fingerprint density at radius 2 is 2.10 bits per heavy atom. The summed E-state index contributed by atoms with van der Waals surface area (Å²) in [5.41, 5.74) is 1.29. The third kappa shape index (κ3) is 3.76. The van der Waals surface area contributed by atoms with E-state index >= 15 is 0 Å². The first-order valence-corrected chi connectivity index (χ1v) is 7.55. The molecule has 0 spiro atoms. The fourth-order valence-corrected chi connectivity index (χ4v) is 3.08. The second-order valence-corrected chi connectivity index (χ2v) is 6.28. The summed E-state index contributed by atoms with van der Waals surface area (Å²) < 4.78 is 4.74. The Kier molecular flexibility index (Phi) is 4.88. The highest BCUT2D eigenvalue weighted by atomic mass is 16.5. The van der Waals surface area contributed by atoms with Gasteiger partial charge in [-0.25, -0.2) is 0 Å². The maximum atomic E-state index is 11.4. The van der Waals surface area contributed by atoms with E-state index in [4.69, 9.17) is 4.74 Å². The Balaban J connectivity index is 1.97. The number of hydrogen-bond donors (Lipinski definition) is 1. The van der Waals surface area contributed by atoms with E-state index in [1.54, 1.807) is 6.07 Å². The Hall–Kier alpha value is -1.55. The number of carbonyl (C=O) groups is 1. The molecule has 0 aliphatic carbocycles. The minimum atomic E-state index is -0.149. The van der Waals surface area contributed by atoms with Gasteiger partial charge in [-0.3, -0.25) is 4.79 Å². The summed E-state index contributed by atoms with van der Waals surface area (Å²) in [5, 5.41) is 9.66. The van der Waals surface area contributed by atoms with E-state index in [1.165, 1.54) is 12.7 Å². The fraction of sp³-hybridized carbons (Fsp3) is 0.588. The van der Waals surface area contributed by atoms with Gasteiger partial charge in [0.2, 0.25) is 0 Å². The molecule has 0 unspecified atom stereocenters. The molecule has 2 rings (SSSR count). The molecule has 4 nitrogen and oxygen atoms in total.